The Kier molecular flexibility index (Phi) is 3.57. The molecule has 0 spiro atoms. The largest absolute Gasteiger partial charge is 0.466 e. The van der Waals surface area contributed by atoms with Gasteiger partial charge in [0.1, 0.15) is 0 Å². The Morgan fingerprint density at radius 3 is 2.67 bits per heavy atom. The Morgan fingerprint density at radius 1 is 1.11 bits per heavy atom. The van der Waals surface area contributed by atoms with E-state index >= 15 is 0 Å². The Balaban J connectivity index is 1.67. The quantitative estimate of drug-likeness (QED) is 0.722. The van der Waals surface area contributed by atoms with Crippen molar-refractivity contribution < 1.29 is 19.0 Å². The van der Waals surface area contributed by atoms with Gasteiger partial charge in [-0.3, -0.25) is 4.79 Å². The molecule has 18 heavy (non-hydrogen) atoms. The van der Waals surface area contributed by atoms with Crippen molar-refractivity contribution in [2.24, 2.45) is 23.7 Å². The molecule has 0 aromatic heterocycles. The molecule has 2 unspecified atom stereocenters. The third-order valence-corrected chi connectivity index (χ3v) is 4.77. The Labute approximate surface area is 108 Å². The second kappa shape index (κ2) is 5.17. The van der Waals surface area contributed by atoms with Gasteiger partial charge in [-0.05, 0) is 43.4 Å². The number of esters is 1. The Morgan fingerprint density at radius 2 is 1.89 bits per heavy atom. The second-order valence-corrected chi connectivity index (χ2v) is 5.85. The predicted molar refractivity (Wildman–Crippen MR) is 64.8 cm³/mol. The summed E-state index contributed by atoms with van der Waals surface area (Å²) in [5, 5.41) is 0. The van der Waals surface area contributed by atoms with Crippen molar-refractivity contribution >= 4 is 5.97 Å². The molecule has 4 heteroatoms. The van der Waals surface area contributed by atoms with E-state index in [2.05, 4.69) is 0 Å². The average molecular weight is 254 g/mol. The minimum Gasteiger partial charge on any atom is -0.466 e. The van der Waals surface area contributed by atoms with Crippen LogP contribution in [0.4, 0.5) is 0 Å². The minimum absolute atomic E-state index is 0.0117. The fourth-order valence-corrected chi connectivity index (χ4v) is 3.82. The van der Waals surface area contributed by atoms with Crippen molar-refractivity contribution in [1.29, 1.82) is 0 Å². The lowest BCUT2D eigenvalue weighted by Gasteiger charge is -2.41. The first-order valence-corrected chi connectivity index (χ1v) is 7.15. The highest BCUT2D eigenvalue weighted by Crippen LogP contribution is 2.46. The predicted octanol–water partition coefficient (Wildman–Crippen LogP) is 1.97. The molecule has 2 aliphatic heterocycles. The zero-order chi connectivity index (χ0) is 12.5. The third kappa shape index (κ3) is 2.41. The van der Waals surface area contributed by atoms with Crippen LogP contribution in [0.5, 0.6) is 0 Å². The number of ether oxygens (including phenoxy) is 3. The normalized spacial score (nSPS) is 42.4. The van der Waals surface area contributed by atoms with Gasteiger partial charge >= 0.3 is 5.97 Å². The highest BCUT2D eigenvalue weighted by molar-refractivity contribution is 5.69. The summed E-state index contributed by atoms with van der Waals surface area (Å²) in [6.07, 6.45) is 3.92. The maximum absolute atomic E-state index is 11.7. The van der Waals surface area contributed by atoms with Crippen LogP contribution in [-0.4, -0.2) is 32.1 Å². The number of hydrogen-bond acceptors (Lipinski definition) is 4. The van der Waals surface area contributed by atoms with Gasteiger partial charge in [0.15, 0.2) is 6.29 Å². The van der Waals surface area contributed by atoms with Crippen LogP contribution in [0.1, 0.15) is 32.6 Å². The van der Waals surface area contributed by atoms with E-state index in [9.17, 15) is 4.79 Å². The summed E-state index contributed by atoms with van der Waals surface area (Å²) in [5.74, 6) is 2.25. The summed E-state index contributed by atoms with van der Waals surface area (Å²) in [6.45, 7) is 3.89. The maximum Gasteiger partial charge on any atom is 0.306 e. The SMILES string of the molecule is CCOC(=O)C[C@@H]1C[C@@H]2CO[C@H]3CC2CC1CO3. The molecule has 0 N–H and O–H groups in total. The van der Waals surface area contributed by atoms with Crippen LogP contribution in [-0.2, 0) is 19.0 Å². The molecule has 1 aliphatic carbocycles. The summed E-state index contributed by atoms with van der Waals surface area (Å²) in [4.78, 5) is 11.7. The molecule has 2 heterocycles. The molecule has 3 aliphatic rings. The minimum atomic E-state index is -0.0549. The van der Waals surface area contributed by atoms with Gasteiger partial charge in [-0.1, -0.05) is 0 Å². The molecule has 3 rings (SSSR count). The zero-order valence-electron chi connectivity index (χ0n) is 11.0. The number of fused-ring (bicyclic) bond motifs is 2. The molecule has 0 aromatic carbocycles. The third-order valence-electron chi connectivity index (χ3n) is 4.77. The van der Waals surface area contributed by atoms with Crippen molar-refractivity contribution in [1.82, 2.24) is 0 Å². The standard InChI is InChI=1S/C14H22O4/c1-2-16-13(15)5-9-3-12-8-18-14-6-10(12)4-11(9)7-17-14/h9-12,14H,2-8H2,1H3/t9-,10?,11?,12+,14-/m0/s1. The van der Waals surface area contributed by atoms with E-state index in [0.717, 1.165) is 32.0 Å². The van der Waals surface area contributed by atoms with Gasteiger partial charge < -0.3 is 14.2 Å². The van der Waals surface area contributed by atoms with Crippen LogP contribution in [0, 0.1) is 23.7 Å². The van der Waals surface area contributed by atoms with Crippen molar-refractivity contribution in [3.63, 3.8) is 0 Å². The van der Waals surface area contributed by atoms with Crippen LogP contribution < -0.4 is 0 Å². The van der Waals surface area contributed by atoms with Crippen LogP contribution in [0.15, 0.2) is 0 Å². The van der Waals surface area contributed by atoms with Gasteiger partial charge in [-0.25, -0.2) is 0 Å². The second-order valence-electron chi connectivity index (χ2n) is 5.85. The highest BCUT2D eigenvalue weighted by atomic mass is 16.7. The van der Waals surface area contributed by atoms with E-state index in [1.54, 1.807) is 0 Å². The van der Waals surface area contributed by atoms with Gasteiger partial charge in [0.25, 0.3) is 0 Å². The van der Waals surface area contributed by atoms with E-state index in [1.807, 2.05) is 6.92 Å². The van der Waals surface area contributed by atoms with Gasteiger partial charge in [0, 0.05) is 12.8 Å². The van der Waals surface area contributed by atoms with Crippen LogP contribution in [0.25, 0.3) is 0 Å². The van der Waals surface area contributed by atoms with E-state index in [0.29, 0.717) is 30.8 Å². The first kappa shape index (κ1) is 12.4. The van der Waals surface area contributed by atoms with Crippen LogP contribution >= 0.6 is 0 Å². The number of hydrogen-bond donors (Lipinski definition) is 0. The number of rotatable bonds is 3. The van der Waals surface area contributed by atoms with Crippen molar-refractivity contribution in [3.05, 3.63) is 0 Å². The van der Waals surface area contributed by atoms with E-state index in [-0.39, 0.29) is 12.3 Å². The Bertz CT molecular complexity index is 317. The topological polar surface area (TPSA) is 44.8 Å². The van der Waals surface area contributed by atoms with Gasteiger partial charge in [-0.2, -0.15) is 0 Å². The van der Waals surface area contributed by atoms with Gasteiger partial charge in [-0.15, -0.1) is 0 Å². The molecule has 102 valence electrons. The molecule has 0 radical (unpaired) electrons. The van der Waals surface area contributed by atoms with E-state index in [1.165, 1.54) is 6.42 Å². The average Bonchev–Trinajstić information content (AvgIpc) is 2.44. The number of carbonyl (C=O) groups is 1. The van der Waals surface area contributed by atoms with Crippen molar-refractivity contribution in [2.75, 3.05) is 19.8 Å². The maximum atomic E-state index is 11.7. The van der Waals surface area contributed by atoms with Crippen molar-refractivity contribution in [3.8, 4) is 0 Å². The lowest BCUT2D eigenvalue weighted by molar-refractivity contribution is -0.177. The lowest BCUT2D eigenvalue weighted by atomic mass is 9.66. The molecule has 0 aromatic rings. The van der Waals surface area contributed by atoms with Gasteiger partial charge in [0.2, 0.25) is 0 Å². The summed E-state index contributed by atoms with van der Waals surface area (Å²) in [7, 11) is 0. The molecule has 5 atom stereocenters. The van der Waals surface area contributed by atoms with Crippen molar-refractivity contribution in [2.45, 2.75) is 38.9 Å². The van der Waals surface area contributed by atoms with E-state index < -0.39 is 0 Å². The smallest absolute Gasteiger partial charge is 0.306 e. The molecule has 4 nitrogen and oxygen atoms in total. The summed E-state index contributed by atoms with van der Waals surface area (Å²) >= 11 is 0. The fourth-order valence-electron chi connectivity index (χ4n) is 3.82. The van der Waals surface area contributed by atoms with Crippen LogP contribution in [0.2, 0.25) is 0 Å². The monoisotopic (exact) mass is 254 g/mol. The summed E-state index contributed by atoms with van der Waals surface area (Å²) < 4.78 is 16.6. The molecule has 3 fully saturated rings. The highest BCUT2D eigenvalue weighted by Gasteiger charge is 2.44. The molecule has 3 bridgehead atoms. The van der Waals surface area contributed by atoms with Gasteiger partial charge in [0.05, 0.1) is 19.8 Å². The first-order valence-electron chi connectivity index (χ1n) is 7.15. The molecular formula is C14H22O4. The molecular weight excluding hydrogens is 232 g/mol. The number of carbonyl (C=O) groups excluding carboxylic acids is 1. The first-order chi connectivity index (χ1) is 8.76. The fraction of sp³-hybridized carbons (Fsp3) is 0.929. The Hall–Kier alpha value is -0.610. The summed E-state index contributed by atoms with van der Waals surface area (Å²) in [5.41, 5.74) is 0. The van der Waals surface area contributed by atoms with E-state index in [4.69, 9.17) is 14.2 Å². The summed E-state index contributed by atoms with van der Waals surface area (Å²) in [6, 6.07) is 0. The lowest BCUT2D eigenvalue weighted by Crippen LogP contribution is -2.38. The molecule has 1 saturated carbocycles. The molecule has 0 amide bonds. The molecule has 2 saturated heterocycles. The zero-order valence-corrected chi connectivity index (χ0v) is 11.0. The van der Waals surface area contributed by atoms with Crippen LogP contribution in [0.3, 0.4) is 0 Å².